The largest absolute Gasteiger partial charge is 0.387 e. The number of nitrogens with one attached hydrogen (secondary N) is 2. The summed E-state index contributed by atoms with van der Waals surface area (Å²) in [6.45, 7) is 7.90. The minimum Gasteiger partial charge on any atom is -0.387 e. The van der Waals surface area contributed by atoms with Crippen LogP contribution in [0.15, 0.2) is 0 Å². The Labute approximate surface area is 221 Å². The van der Waals surface area contributed by atoms with Crippen LogP contribution in [-0.4, -0.2) is 93.6 Å². The highest BCUT2D eigenvalue weighted by atomic mass is 16.5. The van der Waals surface area contributed by atoms with Crippen molar-refractivity contribution in [3.05, 3.63) is 17.3 Å². The molecule has 6 rings (SSSR count). The third kappa shape index (κ3) is 4.99. The molecule has 3 fully saturated rings. The zero-order valence-electron chi connectivity index (χ0n) is 22.1. The van der Waals surface area contributed by atoms with E-state index < -0.39 is 24.4 Å². The first-order valence-corrected chi connectivity index (χ1v) is 14.0. The second kappa shape index (κ2) is 10.8. The fraction of sp³-hybridized carbons (Fsp3) is 0.760. The van der Waals surface area contributed by atoms with Crippen LogP contribution in [-0.2, 0) is 4.74 Å². The van der Waals surface area contributed by atoms with Crippen molar-refractivity contribution in [3.8, 4) is 0 Å². The van der Waals surface area contributed by atoms with Gasteiger partial charge in [-0.25, -0.2) is 9.97 Å². The molecule has 3 aliphatic rings. The molecule has 2 aliphatic heterocycles. The third-order valence-corrected chi connectivity index (χ3v) is 7.99. The molecule has 2 saturated heterocycles. The first kappa shape index (κ1) is 25.5. The number of hydrogen-bond acceptors (Lipinski definition) is 11. The summed E-state index contributed by atoms with van der Waals surface area (Å²) >= 11 is 0. The Bertz CT molecular complexity index is 1230. The van der Waals surface area contributed by atoms with E-state index in [2.05, 4.69) is 30.6 Å². The van der Waals surface area contributed by atoms with E-state index in [0.717, 1.165) is 50.2 Å². The van der Waals surface area contributed by atoms with Gasteiger partial charge in [0.2, 0.25) is 11.8 Å². The maximum Gasteiger partial charge on any atom is 0.225 e. The van der Waals surface area contributed by atoms with Gasteiger partial charge in [0.25, 0.3) is 0 Å². The maximum absolute atomic E-state index is 10.9. The van der Waals surface area contributed by atoms with Crippen LogP contribution in [0.5, 0.6) is 0 Å². The van der Waals surface area contributed by atoms with Crippen molar-refractivity contribution in [2.45, 2.75) is 95.2 Å². The predicted octanol–water partition coefficient (Wildman–Crippen LogP) is 2.01. The zero-order chi connectivity index (χ0) is 26.2. The van der Waals surface area contributed by atoms with E-state index in [0.29, 0.717) is 23.3 Å². The number of fused-ring (bicyclic) bond motifs is 1. The molecule has 0 bridgehead atoms. The SMILES string of the molecule is CC(C)n1nnc([C@H]2O[C@H](c3nc4nc(NCCN5CCCCC5)nc(C5CCCC5)c4[nH]3)[C@H](O)[C@@H]2O)n1. The van der Waals surface area contributed by atoms with Crippen molar-refractivity contribution in [1.82, 2.24) is 45.0 Å². The Morgan fingerprint density at radius 2 is 1.76 bits per heavy atom. The van der Waals surface area contributed by atoms with E-state index in [-0.39, 0.29) is 11.9 Å². The molecule has 5 heterocycles. The first-order valence-electron chi connectivity index (χ1n) is 14.0. The number of hydrogen-bond donors (Lipinski definition) is 4. The summed E-state index contributed by atoms with van der Waals surface area (Å²) in [5.74, 6) is 1.55. The van der Waals surface area contributed by atoms with Gasteiger partial charge in [-0.05, 0) is 57.8 Å². The standard InChI is InChI=1S/C25H38N10O3/c1-14(2)35-32-24(31-33-35)21-19(37)18(36)20(38-21)23-27-17-16(15-8-4-5-9-15)28-25(30-22(17)29-23)26-10-13-34-11-6-3-7-12-34/h14-15,18-21,36-37H,3-13H2,1-2H3,(H2,26,27,28,29,30)/t18-,19+,20+,21+/m1/s1. The topological polar surface area (TPSA) is 163 Å². The molecule has 3 aromatic heterocycles. The Morgan fingerprint density at radius 3 is 2.50 bits per heavy atom. The van der Waals surface area contributed by atoms with Crippen LogP contribution in [0.2, 0.25) is 0 Å². The van der Waals surface area contributed by atoms with Gasteiger partial charge in [-0.2, -0.15) is 9.78 Å². The minimum absolute atomic E-state index is 0.0149. The predicted molar refractivity (Wildman–Crippen MR) is 138 cm³/mol. The summed E-state index contributed by atoms with van der Waals surface area (Å²) in [6, 6.07) is 0.0149. The van der Waals surface area contributed by atoms with Crippen LogP contribution in [0.25, 0.3) is 11.2 Å². The molecule has 0 unspecified atom stereocenters. The molecule has 13 heteroatoms. The maximum atomic E-state index is 10.9. The van der Waals surface area contributed by atoms with Gasteiger partial charge in [0.1, 0.15) is 29.7 Å². The fourth-order valence-electron chi connectivity index (χ4n) is 5.84. The number of imidazole rings is 1. The number of aromatic nitrogens is 8. The Hall–Kier alpha value is -2.74. The van der Waals surface area contributed by atoms with Gasteiger partial charge >= 0.3 is 0 Å². The molecule has 0 amide bonds. The normalized spacial score (nSPS) is 27.2. The number of piperidine rings is 1. The monoisotopic (exact) mass is 526 g/mol. The highest BCUT2D eigenvalue weighted by Crippen LogP contribution is 2.41. The van der Waals surface area contributed by atoms with E-state index in [4.69, 9.17) is 19.7 Å². The molecule has 1 saturated carbocycles. The second-order valence-electron chi connectivity index (χ2n) is 11.1. The number of tetrazole rings is 1. The lowest BCUT2D eigenvalue weighted by atomic mass is 10.0. The van der Waals surface area contributed by atoms with Gasteiger partial charge in [-0.1, -0.05) is 19.3 Å². The summed E-state index contributed by atoms with van der Waals surface area (Å²) in [7, 11) is 0. The van der Waals surface area contributed by atoms with E-state index in [1.54, 1.807) is 0 Å². The van der Waals surface area contributed by atoms with E-state index in [9.17, 15) is 10.2 Å². The van der Waals surface area contributed by atoms with Crippen LogP contribution < -0.4 is 5.32 Å². The van der Waals surface area contributed by atoms with Crippen molar-refractivity contribution in [1.29, 1.82) is 0 Å². The number of H-pyrrole nitrogens is 1. The molecule has 13 nitrogen and oxygen atoms in total. The van der Waals surface area contributed by atoms with Crippen molar-refractivity contribution in [2.75, 3.05) is 31.5 Å². The lowest BCUT2D eigenvalue weighted by Crippen LogP contribution is -2.33. The Morgan fingerprint density at radius 1 is 1.00 bits per heavy atom. The third-order valence-electron chi connectivity index (χ3n) is 7.99. The molecule has 0 radical (unpaired) electrons. The average molecular weight is 527 g/mol. The lowest BCUT2D eigenvalue weighted by Gasteiger charge is -2.26. The van der Waals surface area contributed by atoms with Crippen LogP contribution in [0.1, 0.15) is 100 Å². The van der Waals surface area contributed by atoms with Gasteiger partial charge in [0.15, 0.2) is 11.8 Å². The van der Waals surface area contributed by atoms with Gasteiger partial charge in [0, 0.05) is 19.0 Å². The summed E-state index contributed by atoms with van der Waals surface area (Å²) in [4.78, 5) is 21.6. The van der Waals surface area contributed by atoms with Crippen LogP contribution in [0.3, 0.4) is 0 Å². The van der Waals surface area contributed by atoms with Gasteiger partial charge < -0.3 is 30.2 Å². The van der Waals surface area contributed by atoms with Gasteiger partial charge in [0.05, 0.1) is 11.7 Å². The number of rotatable bonds is 8. The Kier molecular flexibility index (Phi) is 7.25. The smallest absolute Gasteiger partial charge is 0.225 e. The highest BCUT2D eigenvalue weighted by Gasteiger charge is 2.47. The number of aliphatic hydroxyl groups excluding tert-OH is 2. The lowest BCUT2D eigenvalue weighted by molar-refractivity contribution is -0.00241. The van der Waals surface area contributed by atoms with Crippen molar-refractivity contribution in [2.24, 2.45) is 0 Å². The molecular formula is C25H38N10O3. The number of aliphatic hydroxyl groups is 2. The second-order valence-corrected chi connectivity index (χ2v) is 11.1. The van der Waals surface area contributed by atoms with Crippen molar-refractivity contribution in [3.63, 3.8) is 0 Å². The summed E-state index contributed by atoms with van der Waals surface area (Å²) in [6.07, 6.45) is 4.13. The summed E-state index contributed by atoms with van der Waals surface area (Å²) in [5.41, 5.74) is 2.26. The zero-order valence-corrected chi connectivity index (χ0v) is 22.1. The number of ether oxygens (including phenoxy) is 1. The number of likely N-dealkylation sites (tertiary alicyclic amines) is 1. The molecular weight excluding hydrogens is 488 g/mol. The summed E-state index contributed by atoms with van der Waals surface area (Å²) in [5, 5.41) is 37.5. The van der Waals surface area contributed by atoms with Gasteiger partial charge in [-0.3, -0.25) is 0 Å². The molecule has 0 spiro atoms. The van der Waals surface area contributed by atoms with Crippen molar-refractivity contribution < 1.29 is 14.9 Å². The van der Waals surface area contributed by atoms with E-state index in [1.165, 1.54) is 36.9 Å². The molecule has 0 aromatic carbocycles. The molecule has 4 atom stereocenters. The molecule has 3 aromatic rings. The van der Waals surface area contributed by atoms with Gasteiger partial charge in [-0.15, -0.1) is 10.2 Å². The number of nitrogens with zero attached hydrogens (tertiary/aromatic N) is 8. The van der Waals surface area contributed by atoms with E-state index in [1.807, 2.05) is 13.8 Å². The average Bonchev–Trinajstić information content (AvgIpc) is 3.72. The minimum atomic E-state index is -1.22. The number of aromatic amines is 1. The highest BCUT2D eigenvalue weighted by molar-refractivity contribution is 5.75. The van der Waals surface area contributed by atoms with Crippen molar-refractivity contribution >= 4 is 17.1 Å². The quantitative estimate of drug-likeness (QED) is 0.339. The molecule has 4 N–H and O–H groups in total. The molecule has 206 valence electrons. The van der Waals surface area contributed by atoms with Crippen LogP contribution in [0, 0.1) is 0 Å². The number of anilines is 1. The Balaban J connectivity index is 1.25. The molecule has 38 heavy (non-hydrogen) atoms. The van der Waals surface area contributed by atoms with Crippen LogP contribution >= 0.6 is 0 Å². The van der Waals surface area contributed by atoms with E-state index >= 15 is 0 Å². The summed E-state index contributed by atoms with van der Waals surface area (Å²) < 4.78 is 6.07. The van der Waals surface area contributed by atoms with Crippen LogP contribution in [0.4, 0.5) is 5.95 Å². The first-order chi connectivity index (χ1) is 18.5. The fourth-order valence-corrected chi connectivity index (χ4v) is 5.84. The molecule has 1 aliphatic carbocycles.